The van der Waals surface area contributed by atoms with Crippen LogP contribution in [0.25, 0.3) is 0 Å². The average Bonchev–Trinajstić information content (AvgIpc) is 2.28. The zero-order chi connectivity index (χ0) is 12.0. The third-order valence-electron chi connectivity index (χ3n) is 2.18. The van der Waals surface area contributed by atoms with Crippen molar-refractivity contribution in [1.29, 1.82) is 0 Å². The average molecular weight is 223 g/mol. The van der Waals surface area contributed by atoms with Crippen LogP contribution in [0.4, 0.5) is 0 Å². The predicted octanol–water partition coefficient (Wildman–Crippen LogP) is 0.0830. The van der Waals surface area contributed by atoms with Gasteiger partial charge in [-0.3, -0.25) is 9.78 Å². The van der Waals surface area contributed by atoms with Gasteiger partial charge in [0, 0.05) is 12.1 Å². The summed E-state index contributed by atoms with van der Waals surface area (Å²) in [6, 6.07) is 3.67. The highest BCUT2D eigenvalue weighted by Crippen LogP contribution is 2.10. The first kappa shape index (κ1) is 12.4. The van der Waals surface area contributed by atoms with Crippen molar-refractivity contribution in [2.75, 3.05) is 13.2 Å². The molecule has 4 N–H and O–H groups in total. The molecule has 0 spiro atoms. The van der Waals surface area contributed by atoms with Crippen LogP contribution in [0.1, 0.15) is 12.6 Å². The Morgan fingerprint density at radius 1 is 1.56 bits per heavy atom. The smallest absolute Gasteiger partial charge is 0.223 e. The van der Waals surface area contributed by atoms with Crippen LogP contribution in [0, 0.1) is 5.92 Å². The molecule has 16 heavy (non-hydrogen) atoms. The van der Waals surface area contributed by atoms with E-state index in [1.807, 2.05) is 12.1 Å². The summed E-state index contributed by atoms with van der Waals surface area (Å²) in [5.74, 6) is -0.0368. The van der Waals surface area contributed by atoms with Crippen LogP contribution in [-0.2, 0) is 11.2 Å². The molecule has 1 amide bonds. The summed E-state index contributed by atoms with van der Waals surface area (Å²) >= 11 is 0. The SMILES string of the molecule is CC(COc1ccc(CCN)nc1)C(N)=O. The zero-order valence-corrected chi connectivity index (χ0v) is 9.35. The number of nitrogens with two attached hydrogens (primary N) is 2. The molecule has 0 aliphatic carbocycles. The van der Waals surface area contributed by atoms with Crippen molar-refractivity contribution >= 4 is 5.91 Å². The molecule has 0 saturated heterocycles. The van der Waals surface area contributed by atoms with Gasteiger partial charge in [0.1, 0.15) is 5.75 Å². The van der Waals surface area contributed by atoms with Crippen molar-refractivity contribution in [3.8, 4) is 5.75 Å². The summed E-state index contributed by atoms with van der Waals surface area (Å²) in [5, 5.41) is 0. The summed E-state index contributed by atoms with van der Waals surface area (Å²) in [7, 11) is 0. The number of rotatable bonds is 6. The van der Waals surface area contributed by atoms with Crippen LogP contribution >= 0.6 is 0 Å². The Morgan fingerprint density at radius 2 is 2.31 bits per heavy atom. The molecule has 0 aliphatic heterocycles. The minimum atomic E-state index is -0.368. The van der Waals surface area contributed by atoms with Gasteiger partial charge in [0.15, 0.2) is 0 Å². The van der Waals surface area contributed by atoms with Gasteiger partial charge in [-0.2, -0.15) is 0 Å². The van der Waals surface area contributed by atoms with Gasteiger partial charge in [-0.15, -0.1) is 0 Å². The monoisotopic (exact) mass is 223 g/mol. The predicted molar refractivity (Wildman–Crippen MR) is 60.8 cm³/mol. The lowest BCUT2D eigenvalue weighted by Crippen LogP contribution is -2.25. The molecule has 1 rings (SSSR count). The van der Waals surface area contributed by atoms with Gasteiger partial charge in [-0.25, -0.2) is 0 Å². The van der Waals surface area contributed by atoms with Crippen molar-refractivity contribution in [2.24, 2.45) is 17.4 Å². The molecule has 1 unspecified atom stereocenters. The van der Waals surface area contributed by atoms with Crippen LogP contribution < -0.4 is 16.2 Å². The van der Waals surface area contributed by atoms with Gasteiger partial charge in [-0.1, -0.05) is 6.92 Å². The molecule has 88 valence electrons. The van der Waals surface area contributed by atoms with Gasteiger partial charge in [0.25, 0.3) is 0 Å². The highest BCUT2D eigenvalue weighted by Gasteiger charge is 2.09. The van der Waals surface area contributed by atoms with E-state index in [2.05, 4.69) is 4.98 Å². The van der Waals surface area contributed by atoms with E-state index < -0.39 is 0 Å². The topological polar surface area (TPSA) is 91.2 Å². The van der Waals surface area contributed by atoms with E-state index in [1.54, 1.807) is 13.1 Å². The van der Waals surface area contributed by atoms with Crippen LogP contribution in [0.2, 0.25) is 0 Å². The lowest BCUT2D eigenvalue weighted by molar-refractivity contribution is -0.122. The molecular formula is C11H17N3O2. The van der Waals surface area contributed by atoms with Gasteiger partial charge >= 0.3 is 0 Å². The molecule has 0 bridgehead atoms. The van der Waals surface area contributed by atoms with E-state index in [0.717, 1.165) is 12.1 Å². The summed E-state index contributed by atoms with van der Waals surface area (Å²) in [6.07, 6.45) is 2.37. The molecule has 1 atom stereocenters. The molecule has 5 heteroatoms. The maximum atomic E-state index is 10.8. The molecular weight excluding hydrogens is 206 g/mol. The quantitative estimate of drug-likeness (QED) is 0.714. The van der Waals surface area contributed by atoms with Gasteiger partial charge in [0.05, 0.1) is 18.7 Å². The minimum Gasteiger partial charge on any atom is -0.491 e. The number of aromatic nitrogens is 1. The van der Waals surface area contributed by atoms with E-state index in [1.165, 1.54) is 0 Å². The Morgan fingerprint density at radius 3 is 2.81 bits per heavy atom. The third-order valence-corrected chi connectivity index (χ3v) is 2.18. The van der Waals surface area contributed by atoms with Crippen molar-refractivity contribution in [3.05, 3.63) is 24.0 Å². The number of primary amides is 1. The summed E-state index contributed by atoms with van der Waals surface area (Å²) in [6.45, 7) is 2.57. The number of carbonyl (C=O) groups is 1. The second kappa shape index (κ2) is 6.07. The molecule has 0 saturated carbocycles. The van der Waals surface area contributed by atoms with Crippen molar-refractivity contribution in [1.82, 2.24) is 4.98 Å². The van der Waals surface area contributed by atoms with Crippen LogP contribution in [0.15, 0.2) is 18.3 Å². The lowest BCUT2D eigenvalue weighted by Gasteiger charge is -2.09. The summed E-state index contributed by atoms with van der Waals surface area (Å²) in [4.78, 5) is 14.9. The molecule has 5 nitrogen and oxygen atoms in total. The summed E-state index contributed by atoms with van der Waals surface area (Å²) < 4.78 is 5.37. The maximum Gasteiger partial charge on any atom is 0.223 e. The fraction of sp³-hybridized carbons (Fsp3) is 0.455. The third kappa shape index (κ3) is 3.86. The van der Waals surface area contributed by atoms with Crippen LogP contribution in [0.5, 0.6) is 5.75 Å². The normalized spacial score (nSPS) is 12.1. The highest BCUT2D eigenvalue weighted by molar-refractivity contribution is 5.76. The highest BCUT2D eigenvalue weighted by atomic mass is 16.5. The molecule has 0 aromatic carbocycles. The Balaban J connectivity index is 2.46. The minimum absolute atomic E-state index is 0.271. The van der Waals surface area contributed by atoms with Gasteiger partial charge < -0.3 is 16.2 Å². The van der Waals surface area contributed by atoms with Gasteiger partial charge in [-0.05, 0) is 18.7 Å². The second-order valence-corrected chi connectivity index (χ2v) is 3.64. The van der Waals surface area contributed by atoms with E-state index in [-0.39, 0.29) is 18.4 Å². The van der Waals surface area contributed by atoms with E-state index in [4.69, 9.17) is 16.2 Å². The summed E-state index contributed by atoms with van der Waals surface area (Å²) in [5.41, 5.74) is 11.5. The van der Waals surface area contributed by atoms with Crippen molar-refractivity contribution in [3.63, 3.8) is 0 Å². The molecule has 1 aromatic heterocycles. The number of amides is 1. The van der Waals surface area contributed by atoms with E-state index >= 15 is 0 Å². The Labute approximate surface area is 94.8 Å². The van der Waals surface area contributed by atoms with Crippen LogP contribution in [0.3, 0.4) is 0 Å². The molecule has 0 radical (unpaired) electrons. The number of carbonyl (C=O) groups excluding carboxylic acids is 1. The number of hydrogen-bond donors (Lipinski definition) is 2. The Kier molecular flexibility index (Phi) is 4.72. The van der Waals surface area contributed by atoms with Crippen LogP contribution in [-0.4, -0.2) is 24.0 Å². The first-order valence-corrected chi connectivity index (χ1v) is 5.20. The first-order chi connectivity index (χ1) is 7.63. The molecule has 0 fully saturated rings. The van der Waals surface area contributed by atoms with Crippen molar-refractivity contribution < 1.29 is 9.53 Å². The Hall–Kier alpha value is -1.62. The first-order valence-electron chi connectivity index (χ1n) is 5.20. The fourth-order valence-corrected chi connectivity index (χ4v) is 1.10. The lowest BCUT2D eigenvalue weighted by atomic mass is 10.2. The molecule has 1 heterocycles. The number of pyridine rings is 1. The second-order valence-electron chi connectivity index (χ2n) is 3.64. The largest absolute Gasteiger partial charge is 0.491 e. The standard InChI is InChI=1S/C11H17N3O2/c1-8(11(13)15)7-16-10-3-2-9(4-5-12)14-6-10/h2-3,6,8H,4-5,7,12H2,1H3,(H2,13,15). The van der Waals surface area contributed by atoms with E-state index in [0.29, 0.717) is 12.3 Å². The molecule has 1 aromatic rings. The zero-order valence-electron chi connectivity index (χ0n) is 9.35. The maximum absolute atomic E-state index is 10.8. The fourth-order valence-electron chi connectivity index (χ4n) is 1.10. The number of nitrogens with zero attached hydrogens (tertiary/aromatic N) is 1. The van der Waals surface area contributed by atoms with Crippen molar-refractivity contribution in [2.45, 2.75) is 13.3 Å². The number of ether oxygens (including phenoxy) is 1. The van der Waals surface area contributed by atoms with E-state index in [9.17, 15) is 4.79 Å². The van der Waals surface area contributed by atoms with Gasteiger partial charge in [0.2, 0.25) is 5.91 Å². The molecule has 0 aliphatic rings. The Bertz CT molecular complexity index is 338. The number of hydrogen-bond acceptors (Lipinski definition) is 4.